The molecule has 1 saturated carbocycles. The van der Waals surface area contributed by atoms with Crippen LogP contribution in [0.3, 0.4) is 0 Å². The quantitative estimate of drug-likeness (QED) is 0.377. The Morgan fingerprint density at radius 2 is 1.87 bits per heavy atom. The molecule has 0 radical (unpaired) electrons. The molecule has 1 aromatic rings. The van der Waals surface area contributed by atoms with E-state index < -0.39 is 29.0 Å². The minimum atomic E-state index is -0.935. The third-order valence-electron chi connectivity index (χ3n) is 4.76. The van der Waals surface area contributed by atoms with Crippen LogP contribution in [0, 0.1) is 0 Å². The average Bonchev–Trinajstić information content (AvgIpc) is 2.67. The maximum atomic E-state index is 12.2. The van der Waals surface area contributed by atoms with Gasteiger partial charge < -0.3 is 20.1 Å². The van der Waals surface area contributed by atoms with Gasteiger partial charge >= 0.3 is 12.1 Å². The third-order valence-corrected chi connectivity index (χ3v) is 4.95. The Balaban J connectivity index is 2.21. The van der Waals surface area contributed by atoms with Gasteiger partial charge in [-0.3, -0.25) is 4.79 Å². The Bertz CT molecular complexity index is 788. The second-order valence-electron chi connectivity index (χ2n) is 8.43. The number of carbonyl (C=O) groups excluding carboxylic acids is 3. The molecule has 0 aromatic carbocycles. The fourth-order valence-electron chi connectivity index (χ4n) is 3.36. The third kappa shape index (κ3) is 7.12. The number of amides is 1. The van der Waals surface area contributed by atoms with Crippen molar-refractivity contribution in [2.45, 2.75) is 70.4 Å². The molecule has 0 atom stereocenters. The Kier molecular flexibility index (Phi) is 8.00. The van der Waals surface area contributed by atoms with E-state index in [-0.39, 0.29) is 11.7 Å². The van der Waals surface area contributed by atoms with Crippen molar-refractivity contribution in [2.75, 3.05) is 19.0 Å². The number of hydrogen-bond donors (Lipinski definition) is 2. The summed E-state index contributed by atoms with van der Waals surface area (Å²) in [6.45, 7) is 5.71. The standard InChI is InChI=1S/C20H29ClN4O5/c1-19(2,3)30-18(28)23-12-20(8-6-5-7-9-20)25-15-13(11-22-17(21)24-15)10-14(26)16(27)29-4/h11H,5-10,12H2,1-4H3,(H,23,28)(H,22,24,25). The fourth-order valence-corrected chi connectivity index (χ4v) is 3.50. The van der Waals surface area contributed by atoms with Crippen molar-refractivity contribution >= 4 is 35.3 Å². The Morgan fingerprint density at radius 3 is 2.47 bits per heavy atom. The second-order valence-corrected chi connectivity index (χ2v) is 8.76. The summed E-state index contributed by atoms with van der Waals surface area (Å²) in [5.74, 6) is -1.29. The summed E-state index contributed by atoms with van der Waals surface area (Å²) >= 11 is 5.98. The van der Waals surface area contributed by atoms with Gasteiger partial charge in [0.25, 0.3) is 0 Å². The molecule has 30 heavy (non-hydrogen) atoms. The Morgan fingerprint density at radius 1 is 1.20 bits per heavy atom. The Labute approximate surface area is 181 Å². The van der Waals surface area contributed by atoms with E-state index in [1.807, 2.05) is 0 Å². The number of Topliss-reactive ketones (excluding diaryl/α,β-unsaturated/α-hetero) is 1. The number of rotatable bonds is 7. The number of methoxy groups -OCH3 is 1. The molecule has 1 aromatic heterocycles. The van der Waals surface area contributed by atoms with E-state index in [0.717, 1.165) is 39.2 Å². The lowest BCUT2D eigenvalue weighted by molar-refractivity contribution is -0.151. The van der Waals surface area contributed by atoms with Crippen LogP contribution in [0.4, 0.5) is 10.6 Å². The Hall–Kier alpha value is -2.42. The molecule has 0 bridgehead atoms. The maximum absolute atomic E-state index is 12.2. The van der Waals surface area contributed by atoms with Crippen LogP contribution >= 0.6 is 11.6 Å². The number of anilines is 1. The molecule has 1 aliphatic rings. The van der Waals surface area contributed by atoms with Crippen LogP contribution in [0.5, 0.6) is 0 Å². The normalized spacial score (nSPS) is 15.8. The first kappa shape index (κ1) is 23.9. The predicted molar refractivity (Wildman–Crippen MR) is 111 cm³/mol. The maximum Gasteiger partial charge on any atom is 0.407 e. The zero-order valence-corrected chi connectivity index (χ0v) is 18.6. The van der Waals surface area contributed by atoms with Gasteiger partial charge in [0.05, 0.1) is 12.6 Å². The number of halogens is 1. The smallest absolute Gasteiger partial charge is 0.407 e. The number of ether oxygens (including phenoxy) is 2. The first-order valence-corrected chi connectivity index (χ1v) is 10.3. The molecule has 0 aliphatic heterocycles. The van der Waals surface area contributed by atoms with E-state index in [9.17, 15) is 14.4 Å². The molecule has 0 saturated heterocycles. The largest absolute Gasteiger partial charge is 0.463 e. The molecule has 9 nitrogen and oxygen atoms in total. The predicted octanol–water partition coefficient (Wildman–Crippen LogP) is 3.05. The average molecular weight is 441 g/mol. The number of carbonyl (C=O) groups is 3. The van der Waals surface area contributed by atoms with E-state index in [0.29, 0.717) is 17.9 Å². The van der Waals surface area contributed by atoms with E-state index in [1.54, 1.807) is 20.8 Å². The minimum Gasteiger partial charge on any atom is -0.463 e. The summed E-state index contributed by atoms with van der Waals surface area (Å²) in [6.07, 6.45) is 5.29. The van der Waals surface area contributed by atoms with Gasteiger partial charge in [-0.2, -0.15) is 0 Å². The minimum absolute atomic E-state index is 0.0119. The van der Waals surface area contributed by atoms with Crippen molar-refractivity contribution in [3.8, 4) is 0 Å². The van der Waals surface area contributed by atoms with Crippen LogP contribution in [0.15, 0.2) is 6.20 Å². The van der Waals surface area contributed by atoms with Gasteiger partial charge in [-0.1, -0.05) is 19.3 Å². The zero-order chi connectivity index (χ0) is 22.4. The summed E-state index contributed by atoms with van der Waals surface area (Å²) in [4.78, 5) is 43.9. The van der Waals surface area contributed by atoms with Crippen LogP contribution in [-0.2, 0) is 25.5 Å². The topological polar surface area (TPSA) is 120 Å². The number of alkyl carbamates (subject to hydrolysis) is 1. The molecule has 1 aliphatic carbocycles. The summed E-state index contributed by atoms with van der Waals surface area (Å²) in [7, 11) is 1.15. The molecule has 2 N–H and O–H groups in total. The van der Waals surface area contributed by atoms with Crippen LogP contribution in [0.25, 0.3) is 0 Å². The van der Waals surface area contributed by atoms with E-state index in [1.165, 1.54) is 6.20 Å². The summed E-state index contributed by atoms with van der Waals surface area (Å²) in [5.41, 5.74) is -0.661. The molecular formula is C20H29ClN4O5. The van der Waals surface area contributed by atoms with Gasteiger partial charge in [0.15, 0.2) is 0 Å². The van der Waals surface area contributed by atoms with Crippen LogP contribution in [0.2, 0.25) is 5.28 Å². The number of hydrogen-bond acceptors (Lipinski definition) is 8. The van der Waals surface area contributed by atoms with Crippen molar-refractivity contribution in [3.63, 3.8) is 0 Å². The lowest BCUT2D eigenvalue weighted by atomic mass is 9.81. The summed E-state index contributed by atoms with van der Waals surface area (Å²) in [5, 5.41) is 6.22. The monoisotopic (exact) mass is 440 g/mol. The van der Waals surface area contributed by atoms with Crippen LogP contribution in [-0.4, -0.2) is 52.6 Å². The highest BCUT2D eigenvalue weighted by molar-refractivity contribution is 6.34. The van der Waals surface area contributed by atoms with Crippen molar-refractivity contribution in [1.29, 1.82) is 0 Å². The summed E-state index contributed by atoms with van der Waals surface area (Å²) < 4.78 is 9.82. The first-order chi connectivity index (χ1) is 14.0. The molecule has 0 spiro atoms. The number of aromatic nitrogens is 2. The van der Waals surface area contributed by atoms with Crippen LogP contribution in [0.1, 0.15) is 58.4 Å². The van der Waals surface area contributed by atoms with Gasteiger partial charge in [0.2, 0.25) is 11.1 Å². The lowest BCUT2D eigenvalue weighted by Gasteiger charge is -2.39. The van der Waals surface area contributed by atoms with Crippen molar-refractivity contribution < 1.29 is 23.9 Å². The zero-order valence-electron chi connectivity index (χ0n) is 17.8. The highest BCUT2D eigenvalue weighted by Gasteiger charge is 2.34. The SMILES string of the molecule is COC(=O)C(=O)Cc1cnc(Cl)nc1NC1(CNC(=O)OC(C)(C)C)CCCCC1. The van der Waals surface area contributed by atoms with E-state index >= 15 is 0 Å². The van der Waals surface area contributed by atoms with Gasteiger partial charge in [-0.25, -0.2) is 19.6 Å². The van der Waals surface area contributed by atoms with Gasteiger partial charge in [0, 0.05) is 24.7 Å². The number of esters is 1. The number of nitrogens with zero attached hydrogens (tertiary/aromatic N) is 2. The van der Waals surface area contributed by atoms with Gasteiger partial charge in [0.1, 0.15) is 11.4 Å². The number of nitrogens with one attached hydrogen (secondary N) is 2. The van der Waals surface area contributed by atoms with Crippen molar-refractivity contribution in [1.82, 2.24) is 15.3 Å². The van der Waals surface area contributed by atoms with Crippen LogP contribution < -0.4 is 10.6 Å². The molecule has 10 heteroatoms. The molecule has 1 amide bonds. The summed E-state index contributed by atoms with van der Waals surface area (Å²) in [6, 6.07) is 0. The molecule has 2 rings (SSSR count). The molecule has 0 unspecified atom stereocenters. The van der Waals surface area contributed by atoms with Crippen molar-refractivity contribution in [3.05, 3.63) is 17.0 Å². The van der Waals surface area contributed by atoms with E-state index in [2.05, 4.69) is 25.3 Å². The van der Waals surface area contributed by atoms with E-state index in [4.69, 9.17) is 16.3 Å². The highest BCUT2D eigenvalue weighted by Crippen LogP contribution is 2.32. The lowest BCUT2D eigenvalue weighted by Crippen LogP contribution is -2.51. The molecule has 1 fully saturated rings. The number of ketones is 1. The van der Waals surface area contributed by atoms with Crippen molar-refractivity contribution in [2.24, 2.45) is 0 Å². The first-order valence-electron chi connectivity index (χ1n) is 9.91. The second kappa shape index (κ2) is 10.1. The molecule has 166 valence electrons. The van der Waals surface area contributed by atoms with Gasteiger partial charge in [-0.15, -0.1) is 0 Å². The molecular weight excluding hydrogens is 412 g/mol. The molecule has 1 heterocycles. The van der Waals surface area contributed by atoms with Gasteiger partial charge in [-0.05, 0) is 45.2 Å². The highest BCUT2D eigenvalue weighted by atomic mass is 35.5. The fraction of sp³-hybridized carbons (Fsp3) is 0.650.